The molecule has 2 atom stereocenters. The molecule has 1 N–H and O–H groups in total. The molecule has 0 bridgehead atoms. The molecule has 17 heavy (non-hydrogen) atoms. The van der Waals surface area contributed by atoms with Crippen LogP contribution in [0.4, 0.5) is 5.69 Å². The lowest BCUT2D eigenvalue weighted by molar-refractivity contribution is -0.127. The van der Waals surface area contributed by atoms with Gasteiger partial charge >= 0.3 is 0 Å². The Kier molecular flexibility index (Phi) is 2.01. The van der Waals surface area contributed by atoms with Gasteiger partial charge in [0.15, 0.2) is 0 Å². The van der Waals surface area contributed by atoms with Gasteiger partial charge in [0.2, 0.25) is 5.91 Å². The first kappa shape index (κ1) is 10.6. The van der Waals surface area contributed by atoms with Gasteiger partial charge in [-0.1, -0.05) is 18.2 Å². The van der Waals surface area contributed by atoms with Gasteiger partial charge in [-0.3, -0.25) is 4.79 Å². The molecule has 0 saturated carbocycles. The molecule has 1 aromatic rings. The van der Waals surface area contributed by atoms with E-state index in [0.29, 0.717) is 0 Å². The minimum atomic E-state index is -1.04. The molecule has 4 nitrogen and oxygen atoms in total. The van der Waals surface area contributed by atoms with Gasteiger partial charge in [0.1, 0.15) is 11.8 Å². The van der Waals surface area contributed by atoms with Gasteiger partial charge in [0.25, 0.3) is 0 Å². The van der Waals surface area contributed by atoms with Crippen LogP contribution in [0.5, 0.6) is 0 Å². The molecular formula is C13H16N2O2. The van der Waals surface area contributed by atoms with E-state index in [9.17, 15) is 9.90 Å². The third-order valence-corrected chi connectivity index (χ3v) is 3.92. The lowest BCUT2D eigenvalue weighted by Gasteiger charge is -2.33. The number of likely N-dealkylation sites (tertiary alicyclic amines) is 1. The molecule has 3 rings (SSSR count). The summed E-state index contributed by atoms with van der Waals surface area (Å²) in [6.07, 6.45) is -0.0702. The van der Waals surface area contributed by atoms with E-state index >= 15 is 0 Å². The molecule has 2 heterocycles. The quantitative estimate of drug-likeness (QED) is 0.782. The van der Waals surface area contributed by atoms with E-state index in [1.54, 1.807) is 11.9 Å². The van der Waals surface area contributed by atoms with Crippen LogP contribution >= 0.6 is 0 Å². The minimum absolute atomic E-state index is 0.00505. The van der Waals surface area contributed by atoms with E-state index in [2.05, 4.69) is 4.90 Å². The molecule has 2 aliphatic heterocycles. The van der Waals surface area contributed by atoms with Crippen LogP contribution in [0.25, 0.3) is 0 Å². The highest BCUT2D eigenvalue weighted by Crippen LogP contribution is 2.50. The van der Waals surface area contributed by atoms with Crippen molar-refractivity contribution in [1.29, 1.82) is 0 Å². The maximum Gasteiger partial charge on any atom is 0.227 e. The number of hydrogen-bond donors (Lipinski definition) is 1. The van der Waals surface area contributed by atoms with Crippen molar-refractivity contribution in [3.8, 4) is 0 Å². The van der Waals surface area contributed by atoms with E-state index in [4.69, 9.17) is 0 Å². The molecule has 0 radical (unpaired) electrons. The lowest BCUT2D eigenvalue weighted by atomic mass is 9.93. The largest absolute Gasteiger partial charge is 0.380 e. The van der Waals surface area contributed by atoms with Gasteiger partial charge in [0, 0.05) is 24.8 Å². The summed E-state index contributed by atoms with van der Waals surface area (Å²) in [5.74, 6) is 0.00505. The van der Waals surface area contributed by atoms with Gasteiger partial charge in [-0.2, -0.15) is 0 Å². The molecular weight excluding hydrogens is 216 g/mol. The Morgan fingerprint density at radius 1 is 1.47 bits per heavy atom. The Morgan fingerprint density at radius 2 is 2.18 bits per heavy atom. The maximum atomic E-state index is 11.8. The summed E-state index contributed by atoms with van der Waals surface area (Å²) in [7, 11) is 1.76. The first-order valence-corrected chi connectivity index (χ1v) is 5.94. The van der Waals surface area contributed by atoms with Crippen molar-refractivity contribution in [2.75, 3.05) is 18.5 Å². The summed E-state index contributed by atoms with van der Waals surface area (Å²) < 4.78 is 0. The molecule has 1 aromatic carbocycles. The van der Waals surface area contributed by atoms with Crippen LogP contribution < -0.4 is 4.90 Å². The number of carbonyl (C=O) groups excluding carboxylic acids is 1. The molecule has 1 saturated heterocycles. The van der Waals surface area contributed by atoms with Gasteiger partial charge in [0.05, 0.1) is 6.42 Å². The number of fused-ring (bicyclic) bond motifs is 3. The molecule has 0 unspecified atom stereocenters. The first-order chi connectivity index (χ1) is 8.09. The smallest absolute Gasteiger partial charge is 0.227 e. The van der Waals surface area contributed by atoms with Crippen LogP contribution in [0.1, 0.15) is 18.9 Å². The highest BCUT2D eigenvalue weighted by atomic mass is 16.3. The second-order valence-corrected chi connectivity index (χ2v) is 4.78. The fourth-order valence-corrected chi connectivity index (χ4v) is 3.17. The predicted octanol–water partition coefficient (Wildman–Crippen LogP) is 0.902. The summed E-state index contributed by atoms with van der Waals surface area (Å²) in [4.78, 5) is 15.6. The molecule has 0 aromatic heterocycles. The Bertz CT molecular complexity index is 488. The monoisotopic (exact) mass is 232 g/mol. The van der Waals surface area contributed by atoms with Crippen LogP contribution in [0, 0.1) is 0 Å². The summed E-state index contributed by atoms with van der Waals surface area (Å²) >= 11 is 0. The van der Waals surface area contributed by atoms with E-state index in [-0.39, 0.29) is 18.5 Å². The lowest BCUT2D eigenvalue weighted by Crippen LogP contribution is -2.48. The summed E-state index contributed by atoms with van der Waals surface area (Å²) in [6, 6.07) is 7.81. The predicted molar refractivity (Wildman–Crippen MR) is 64.5 cm³/mol. The average Bonchev–Trinajstić information content (AvgIpc) is 2.70. The van der Waals surface area contributed by atoms with Crippen molar-refractivity contribution in [2.45, 2.75) is 25.1 Å². The zero-order valence-electron chi connectivity index (χ0n) is 10.1. The number of hydrogen-bond acceptors (Lipinski definition) is 3. The van der Waals surface area contributed by atoms with Crippen molar-refractivity contribution in [2.24, 2.45) is 0 Å². The Hall–Kier alpha value is -1.55. The number of likely N-dealkylation sites (N-methyl/N-ethyl adjacent to an activating group) is 2. The highest BCUT2D eigenvalue weighted by Gasteiger charge is 2.58. The molecule has 0 spiro atoms. The van der Waals surface area contributed by atoms with Crippen molar-refractivity contribution in [3.05, 3.63) is 29.8 Å². The molecule has 2 aliphatic rings. The van der Waals surface area contributed by atoms with Crippen LogP contribution in [-0.4, -0.2) is 35.7 Å². The Balaban J connectivity index is 2.20. The minimum Gasteiger partial charge on any atom is -0.380 e. The summed E-state index contributed by atoms with van der Waals surface area (Å²) in [5, 5.41) is 10.8. The standard InChI is InChI=1S/C13H16N2O2/c1-3-15-10-7-5-4-6-9(10)13(17)8-11(16)14(2)12(13)15/h4-7,12,17H,3,8H2,1-2H3/t12-,13-/m1/s1. The number of rotatable bonds is 1. The zero-order valence-corrected chi connectivity index (χ0v) is 10.1. The maximum absolute atomic E-state index is 11.8. The van der Waals surface area contributed by atoms with E-state index in [0.717, 1.165) is 17.8 Å². The van der Waals surface area contributed by atoms with Gasteiger partial charge in [-0.15, -0.1) is 0 Å². The number of aliphatic hydroxyl groups is 1. The fourth-order valence-electron chi connectivity index (χ4n) is 3.17. The van der Waals surface area contributed by atoms with E-state index < -0.39 is 5.60 Å². The van der Waals surface area contributed by atoms with Crippen LogP contribution in [0.15, 0.2) is 24.3 Å². The molecule has 0 aliphatic carbocycles. The fraction of sp³-hybridized carbons (Fsp3) is 0.462. The molecule has 90 valence electrons. The third kappa shape index (κ3) is 1.13. The summed E-state index contributed by atoms with van der Waals surface area (Å²) in [5.41, 5.74) is 0.879. The zero-order chi connectivity index (χ0) is 12.2. The second kappa shape index (κ2) is 3.23. The van der Waals surface area contributed by atoms with Gasteiger partial charge in [-0.25, -0.2) is 0 Å². The number of amides is 1. The van der Waals surface area contributed by atoms with E-state index in [1.165, 1.54) is 0 Å². The van der Waals surface area contributed by atoms with Crippen molar-refractivity contribution < 1.29 is 9.90 Å². The molecule has 4 heteroatoms. The van der Waals surface area contributed by atoms with Crippen molar-refractivity contribution >= 4 is 11.6 Å². The Labute approximate surface area is 100 Å². The van der Waals surface area contributed by atoms with Crippen LogP contribution in [-0.2, 0) is 10.4 Å². The van der Waals surface area contributed by atoms with E-state index in [1.807, 2.05) is 31.2 Å². The number of carbonyl (C=O) groups is 1. The van der Waals surface area contributed by atoms with Gasteiger partial charge in [-0.05, 0) is 13.0 Å². The molecule has 1 amide bonds. The highest BCUT2D eigenvalue weighted by molar-refractivity contribution is 5.84. The first-order valence-electron chi connectivity index (χ1n) is 5.94. The summed E-state index contributed by atoms with van der Waals surface area (Å²) in [6.45, 7) is 2.82. The van der Waals surface area contributed by atoms with Crippen molar-refractivity contribution in [3.63, 3.8) is 0 Å². The van der Waals surface area contributed by atoms with Gasteiger partial charge < -0.3 is 14.9 Å². The molecule has 1 fully saturated rings. The number of benzene rings is 1. The van der Waals surface area contributed by atoms with Crippen LogP contribution in [0.3, 0.4) is 0 Å². The third-order valence-electron chi connectivity index (χ3n) is 3.92. The normalized spacial score (nSPS) is 30.8. The average molecular weight is 232 g/mol. The Morgan fingerprint density at radius 3 is 2.88 bits per heavy atom. The number of nitrogens with zero attached hydrogens (tertiary/aromatic N) is 2. The second-order valence-electron chi connectivity index (χ2n) is 4.78. The van der Waals surface area contributed by atoms with Crippen LogP contribution in [0.2, 0.25) is 0 Å². The van der Waals surface area contributed by atoms with Crippen molar-refractivity contribution in [1.82, 2.24) is 4.90 Å². The SMILES string of the molecule is CCN1c2ccccc2[C@]2(O)CC(=O)N(C)[C@H]12. The topological polar surface area (TPSA) is 43.8 Å². The number of anilines is 1. The number of para-hydroxylation sites is 1.